The Morgan fingerprint density at radius 1 is 1.15 bits per heavy atom. The topological polar surface area (TPSA) is 59.1 Å². The molecule has 1 N–H and O–H groups in total. The summed E-state index contributed by atoms with van der Waals surface area (Å²) in [7, 11) is 0. The van der Waals surface area contributed by atoms with Crippen LogP contribution in [0.2, 0.25) is 5.02 Å². The van der Waals surface area contributed by atoms with Gasteiger partial charge < -0.3 is 5.32 Å². The van der Waals surface area contributed by atoms with Crippen molar-refractivity contribution in [2.24, 2.45) is 0 Å². The number of para-hydroxylation sites is 1. The second-order valence-corrected chi connectivity index (χ2v) is 7.25. The summed E-state index contributed by atoms with van der Waals surface area (Å²) in [6.45, 7) is 1.48. The number of hydrogen-bond acceptors (Lipinski definition) is 4. The third-order valence-electron chi connectivity index (χ3n) is 3.77. The molecule has 26 heavy (non-hydrogen) atoms. The van der Waals surface area contributed by atoms with Crippen LogP contribution in [0.25, 0.3) is 0 Å². The van der Waals surface area contributed by atoms with Crippen LogP contribution in [0, 0.1) is 0 Å². The number of benzene rings is 2. The molecular weight excluding hydrogens is 368 g/mol. The van der Waals surface area contributed by atoms with Gasteiger partial charge in [0.1, 0.15) is 0 Å². The van der Waals surface area contributed by atoms with Crippen LogP contribution in [-0.2, 0) is 17.6 Å². The number of anilines is 1. The van der Waals surface area contributed by atoms with Gasteiger partial charge in [-0.1, -0.05) is 35.9 Å². The molecule has 3 rings (SSSR count). The Labute approximate surface area is 160 Å². The zero-order valence-corrected chi connectivity index (χ0v) is 15.7. The molecule has 1 heterocycles. The second kappa shape index (κ2) is 8.25. The van der Waals surface area contributed by atoms with Crippen molar-refractivity contribution in [3.63, 3.8) is 0 Å². The summed E-state index contributed by atoms with van der Waals surface area (Å²) in [6.07, 6.45) is 0.846. The van der Waals surface area contributed by atoms with Crippen molar-refractivity contribution >= 4 is 40.3 Å². The highest BCUT2D eigenvalue weighted by Gasteiger charge is 2.12. The van der Waals surface area contributed by atoms with E-state index in [2.05, 4.69) is 10.3 Å². The summed E-state index contributed by atoms with van der Waals surface area (Å²) in [5.74, 6) is -0.281. The van der Waals surface area contributed by atoms with E-state index in [-0.39, 0.29) is 18.1 Å². The first-order valence-corrected chi connectivity index (χ1v) is 9.34. The molecule has 0 saturated heterocycles. The van der Waals surface area contributed by atoms with Crippen molar-refractivity contribution in [3.8, 4) is 0 Å². The average Bonchev–Trinajstić information content (AvgIpc) is 3.01. The van der Waals surface area contributed by atoms with Gasteiger partial charge in [-0.3, -0.25) is 9.59 Å². The summed E-state index contributed by atoms with van der Waals surface area (Å²) in [5.41, 5.74) is 2.82. The SMILES string of the molecule is CC(=O)c1ccccc1NC(=O)Cc1csc(Cc2cccc(Cl)c2)n1. The van der Waals surface area contributed by atoms with E-state index >= 15 is 0 Å². The average molecular weight is 385 g/mol. The van der Waals surface area contributed by atoms with Gasteiger partial charge in [0, 0.05) is 22.4 Å². The van der Waals surface area contributed by atoms with Gasteiger partial charge in [0.25, 0.3) is 0 Å². The van der Waals surface area contributed by atoms with Crippen molar-refractivity contribution in [3.05, 3.63) is 80.8 Å². The third-order valence-corrected chi connectivity index (χ3v) is 4.90. The molecule has 0 saturated carbocycles. The van der Waals surface area contributed by atoms with Crippen molar-refractivity contribution in [2.75, 3.05) is 5.32 Å². The maximum Gasteiger partial charge on any atom is 0.230 e. The maximum atomic E-state index is 12.3. The smallest absolute Gasteiger partial charge is 0.230 e. The van der Waals surface area contributed by atoms with E-state index in [4.69, 9.17) is 11.6 Å². The minimum absolute atomic E-state index is 0.0848. The minimum Gasteiger partial charge on any atom is -0.325 e. The number of carbonyl (C=O) groups excluding carboxylic acids is 2. The number of halogens is 1. The van der Waals surface area contributed by atoms with E-state index in [1.165, 1.54) is 18.3 Å². The van der Waals surface area contributed by atoms with Gasteiger partial charge in [0.15, 0.2) is 5.78 Å². The first kappa shape index (κ1) is 18.3. The Kier molecular flexibility index (Phi) is 5.81. The van der Waals surface area contributed by atoms with Crippen LogP contribution in [0.3, 0.4) is 0 Å². The molecule has 0 fully saturated rings. The fourth-order valence-corrected chi connectivity index (χ4v) is 3.63. The number of rotatable bonds is 6. The Bertz CT molecular complexity index is 952. The number of ketones is 1. The zero-order valence-electron chi connectivity index (χ0n) is 14.2. The minimum atomic E-state index is -0.196. The van der Waals surface area contributed by atoms with Crippen LogP contribution < -0.4 is 5.32 Å². The number of hydrogen-bond donors (Lipinski definition) is 1. The summed E-state index contributed by atoms with van der Waals surface area (Å²) in [5, 5.41) is 6.31. The lowest BCUT2D eigenvalue weighted by molar-refractivity contribution is -0.115. The van der Waals surface area contributed by atoms with Gasteiger partial charge >= 0.3 is 0 Å². The van der Waals surface area contributed by atoms with E-state index in [0.29, 0.717) is 28.4 Å². The van der Waals surface area contributed by atoms with Crippen LogP contribution >= 0.6 is 22.9 Å². The second-order valence-electron chi connectivity index (χ2n) is 5.87. The van der Waals surface area contributed by atoms with Crippen molar-refractivity contribution in [2.45, 2.75) is 19.8 Å². The van der Waals surface area contributed by atoms with E-state index < -0.39 is 0 Å². The highest BCUT2D eigenvalue weighted by atomic mass is 35.5. The molecule has 1 amide bonds. The third kappa shape index (κ3) is 4.77. The Balaban J connectivity index is 1.64. The number of thiazole rings is 1. The number of aromatic nitrogens is 1. The van der Waals surface area contributed by atoms with Gasteiger partial charge in [-0.15, -0.1) is 11.3 Å². The van der Waals surface area contributed by atoms with Crippen LogP contribution in [0.4, 0.5) is 5.69 Å². The summed E-state index contributed by atoms with van der Waals surface area (Å²) in [6, 6.07) is 14.6. The van der Waals surface area contributed by atoms with Crippen molar-refractivity contribution < 1.29 is 9.59 Å². The molecule has 0 spiro atoms. The molecule has 132 valence electrons. The van der Waals surface area contributed by atoms with Gasteiger partial charge in [-0.05, 0) is 36.8 Å². The summed E-state index contributed by atoms with van der Waals surface area (Å²) in [4.78, 5) is 28.5. The maximum absolute atomic E-state index is 12.3. The quantitative estimate of drug-likeness (QED) is 0.622. The predicted octanol–water partition coefficient (Wildman–Crippen LogP) is 4.77. The molecule has 2 aromatic carbocycles. The number of amides is 1. The van der Waals surface area contributed by atoms with Crippen molar-refractivity contribution in [1.82, 2.24) is 4.98 Å². The highest BCUT2D eigenvalue weighted by molar-refractivity contribution is 7.09. The van der Waals surface area contributed by atoms with Gasteiger partial charge in [0.05, 0.1) is 22.8 Å². The van der Waals surface area contributed by atoms with E-state index in [1.54, 1.807) is 24.3 Å². The first-order valence-electron chi connectivity index (χ1n) is 8.09. The molecule has 0 aliphatic heterocycles. The van der Waals surface area contributed by atoms with Crippen LogP contribution in [-0.4, -0.2) is 16.7 Å². The van der Waals surface area contributed by atoms with Crippen LogP contribution in [0.15, 0.2) is 53.9 Å². The number of nitrogens with zero attached hydrogens (tertiary/aromatic N) is 1. The lowest BCUT2D eigenvalue weighted by Crippen LogP contribution is -2.16. The monoisotopic (exact) mass is 384 g/mol. The molecule has 0 radical (unpaired) electrons. The lowest BCUT2D eigenvalue weighted by Gasteiger charge is -2.08. The number of carbonyl (C=O) groups is 2. The molecule has 0 bridgehead atoms. The Hall–Kier alpha value is -2.50. The Morgan fingerprint density at radius 2 is 1.96 bits per heavy atom. The fraction of sp³-hybridized carbons (Fsp3) is 0.150. The number of Topliss-reactive ketones (excluding diaryl/α,β-unsaturated/α-hetero) is 1. The first-order chi connectivity index (χ1) is 12.5. The molecule has 4 nitrogen and oxygen atoms in total. The number of nitrogens with one attached hydrogen (secondary N) is 1. The standard InChI is InChI=1S/C20H17ClN2O2S/c1-13(24)17-7-2-3-8-18(17)23-19(25)11-16-12-26-20(22-16)10-14-5-4-6-15(21)9-14/h2-9,12H,10-11H2,1H3,(H,23,25). The summed E-state index contributed by atoms with van der Waals surface area (Å²) < 4.78 is 0. The predicted molar refractivity (Wildman–Crippen MR) is 105 cm³/mol. The molecule has 1 aromatic heterocycles. The molecule has 6 heteroatoms. The van der Waals surface area contributed by atoms with Crippen LogP contribution in [0.1, 0.15) is 33.5 Å². The normalized spacial score (nSPS) is 10.5. The van der Waals surface area contributed by atoms with Crippen LogP contribution in [0.5, 0.6) is 0 Å². The molecule has 0 aliphatic rings. The molecule has 3 aromatic rings. The largest absolute Gasteiger partial charge is 0.325 e. The van der Waals surface area contributed by atoms with E-state index in [1.807, 2.05) is 29.6 Å². The van der Waals surface area contributed by atoms with Gasteiger partial charge in [-0.25, -0.2) is 4.98 Å². The van der Waals surface area contributed by atoms with Gasteiger partial charge in [-0.2, -0.15) is 0 Å². The fourth-order valence-electron chi connectivity index (χ4n) is 2.59. The molecular formula is C20H17ClN2O2S. The molecule has 0 aliphatic carbocycles. The zero-order chi connectivity index (χ0) is 18.5. The summed E-state index contributed by atoms with van der Waals surface area (Å²) >= 11 is 7.52. The van der Waals surface area contributed by atoms with Crippen molar-refractivity contribution in [1.29, 1.82) is 0 Å². The van der Waals surface area contributed by atoms with E-state index in [9.17, 15) is 9.59 Å². The van der Waals surface area contributed by atoms with Gasteiger partial charge in [0.2, 0.25) is 5.91 Å². The lowest BCUT2D eigenvalue weighted by atomic mass is 10.1. The van der Waals surface area contributed by atoms with E-state index in [0.717, 1.165) is 10.6 Å². The highest BCUT2D eigenvalue weighted by Crippen LogP contribution is 2.19. The molecule has 0 atom stereocenters. The Morgan fingerprint density at radius 3 is 2.73 bits per heavy atom. The molecule has 0 unspecified atom stereocenters.